The van der Waals surface area contributed by atoms with Crippen LogP contribution < -0.4 is 5.43 Å². The Morgan fingerprint density at radius 2 is 1.86 bits per heavy atom. The third kappa shape index (κ3) is 2.71. The first-order valence-electron chi connectivity index (χ1n) is 6.08. The molecule has 0 saturated carbocycles. The van der Waals surface area contributed by atoms with Crippen LogP contribution in [-0.4, -0.2) is 11.6 Å². The first kappa shape index (κ1) is 15.3. The highest BCUT2D eigenvalue weighted by Gasteiger charge is 2.42. The van der Waals surface area contributed by atoms with Crippen molar-refractivity contribution in [2.24, 2.45) is 16.9 Å². The smallest absolute Gasteiger partial charge is 0.249 e. The standard InChI is InChI=1S/C14H10Cl2N4O/c1-7-11(14(21)20-19-7)12(8(5-17)6-18)13-9(15)3-2-4-10(13)16/h2-4,8,11-12H,1H3,(H,20,21)/t11-,12-/m1/s1. The molecule has 1 aromatic carbocycles. The number of nitrogens with one attached hydrogen (secondary N) is 1. The van der Waals surface area contributed by atoms with Crippen molar-refractivity contribution in [1.29, 1.82) is 10.5 Å². The molecule has 1 N–H and O–H groups in total. The number of rotatable bonds is 3. The lowest BCUT2D eigenvalue weighted by molar-refractivity contribution is -0.122. The lowest BCUT2D eigenvalue weighted by Gasteiger charge is -2.24. The minimum Gasteiger partial charge on any atom is -0.272 e. The summed E-state index contributed by atoms with van der Waals surface area (Å²) in [4.78, 5) is 12.0. The number of hydrogen-bond donors (Lipinski definition) is 1. The molecular weight excluding hydrogens is 311 g/mol. The summed E-state index contributed by atoms with van der Waals surface area (Å²) in [6.07, 6.45) is 0. The fourth-order valence-electron chi connectivity index (χ4n) is 2.44. The third-order valence-electron chi connectivity index (χ3n) is 3.40. The van der Waals surface area contributed by atoms with Crippen molar-refractivity contribution in [3.63, 3.8) is 0 Å². The van der Waals surface area contributed by atoms with E-state index in [4.69, 9.17) is 23.2 Å². The maximum Gasteiger partial charge on any atom is 0.249 e. The molecule has 0 fully saturated rings. The van der Waals surface area contributed by atoms with Crippen molar-refractivity contribution in [3.05, 3.63) is 33.8 Å². The molecule has 1 amide bonds. The maximum atomic E-state index is 12.0. The lowest BCUT2D eigenvalue weighted by Crippen LogP contribution is -2.32. The third-order valence-corrected chi connectivity index (χ3v) is 4.06. The maximum absolute atomic E-state index is 12.0. The molecule has 1 aromatic rings. The van der Waals surface area contributed by atoms with Gasteiger partial charge in [-0.25, -0.2) is 5.43 Å². The van der Waals surface area contributed by atoms with Gasteiger partial charge in [-0.05, 0) is 24.6 Å². The number of carbonyl (C=O) groups excluding carboxylic acids is 1. The number of nitriles is 2. The Kier molecular flexibility index (Phi) is 4.47. The zero-order valence-corrected chi connectivity index (χ0v) is 12.5. The van der Waals surface area contributed by atoms with E-state index in [1.807, 2.05) is 12.1 Å². The minimum absolute atomic E-state index is 0.315. The Balaban J connectivity index is 2.63. The second-order valence-electron chi connectivity index (χ2n) is 4.60. The van der Waals surface area contributed by atoms with Gasteiger partial charge in [0.1, 0.15) is 5.92 Å². The zero-order valence-electron chi connectivity index (χ0n) is 11.0. The summed E-state index contributed by atoms with van der Waals surface area (Å²) in [5.74, 6) is -2.95. The number of carbonyl (C=O) groups is 1. The quantitative estimate of drug-likeness (QED) is 0.928. The van der Waals surface area contributed by atoms with Crippen LogP contribution in [0.4, 0.5) is 0 Å². The number of hydrazone groups is 1. The summed E-state index contributed by atoms with van der Waals surface area (Å²) in [6.45, 7) is 1.66. The Hall–Kier alpha value is -2.08. The van der Waals surface area contributed by atoms with E-state index in [1.54, 1.807) is 25.1 Å². The van der Waals surface area contributed by atoms with Crippen molar-refractivity contribution in [3.8, 4) is 12.1 Å². The molecule has 0 unspecified atom stereocenters. The number of nitrogens with zero attached hydrogens (tertiary/aromatic N) is 3. The summed E-state index contributed by atoms with van der Waals surface area (Å²) < 4.78 is 0. The van der Waals surface area contributed by atoms with Gasteiger partial charge in [0.05, 0.1) is 18.1 Å². The van der Waals surface area contributed by atoms with Crippen LogP contribution in [0.5, 0.6) is 0 Å². The summed E-state index contributed by atoms with van der Waals surface area (Å²) in [5, 5.41) is 23.0. The summed E-state index contributed by atoms with van der Waals surface area (Å²) in [7, 11) is 0. The second kappa shape index (κ2) is 6.13. The average Bonchev–Trinajstić information content (AvgIpc) is 2.77. The van der Waals surface area contributed by atoms with Crippen molar-refractivity contribution in [1.82, 2.24) is 5.43 Å². The minimum atomic E-state index is -1.07. The first-order valence-corrected chi connectivity index (χ1v) is 6.84. The predicted molar refractivity (Wildman–Crippen MR) is 78.7 cm³/mol. The van der Waals surface area contributed by atoms with Crippen LogP contribution in [0.3, 0.4) is 0 Å². The molecule has 0 spiro atoms. The van der Waals surface area contributed by atoms with Crippen molar-refractivity contribution in [2.45, 2.75) is 12.8 Å². The average molecular weight is 321 g/mol. The Morgan fingerprint density at radius 3 is 2.29 bits per heavy atom. The first-order chi connectivity index (χ1) is 10.0. The van der Waals surface area contributed by atoms with Gasteiger partial charge in [0.2, 0.25) is 5.91 Å². The molecule has 1 heterocycles. The zero-order chi connectivity index (χ0) is 15.6. The molecule has 2 rings (SSSR count). The molecule has 2 atom stereocenters. The highest BCUT2D eigenvalue weighted by atomic mass is 35.5. The molecule has 7 heteroatoms. The van der Waals surface area contributed by atoms with Gasteiger partial charge >= 0.3 is 0 Å². The van der Waals surface area contributed by atoms with Gasteiger partial charge in [-0.15, -0.1) is 0 Å². The van der Waals surface area contributed by atoms with Gasteiger partial charge < -0.3 is 0 Å². The molecule has 0 aliphatic carbocycles. The van der Waals surface area contributed by atoms with Gasteiger partial charge in [0.15, 0.2) is 0 Å². The molecule has 21 heavy (non-hydrogen) atoms. The number of hydrogen-bond acceptors (Lipinski definition) is 4. The molecule has 106 valence electrons. The van der Waals surface area contributed by atoms with Crippen LogP contribution in [0, 0.1) is 34.5 Å². The van der Waals surface area contributed by atoms with E-state index in [9.17, 15) is 15.3 Å². The molecule has 1 aliphatic heterocycles. The lowest BCUT2D eigenvalue weighted by atomic mass is 9.76. The molecular formula is C14H10Cl2N4O. The Bertz CT molecular complexity index is 668. The molecule has 0 saturated heterocycles. The van der Waals surface area contributed by atoms with Crippen molar-refractivity contribution >= 4 is 34.8 Å². The van der Waals surface area contributed by atoms with Crippen LogP contribution in [0.1, 0.15) is 18.4 Å². The van der Waals surface area contributed by atoms with Crippen LogP contribution in [-0.2, 0) is 4.79 Å². The van der Waals surface area contributed by atoms with E-state index < -0.39 is 17.8 Å². The largest absolute Gasteiger partial charge is 0.272 e. The van der Waals surface area contributed by atoms with Gasteiger partial charge in [0, 0.05) is 21.7 Å². The van der Waals surface area contributed by atoms with E-state index >= 15 is 0 Å². The van der Waals surface area contributed by atoms with E-state index in [-0.39, 0.29) is 5.91 Å². The van der Waals surface area contributed by atoms with Crippen molar-refractivity contribution < 1.29 is 4.79 Å². The molecule has 0 bridgehead atoms. The highest BCUT2D eigenvalue weighted by Crippen LogP contribution is 2.41. The fourth-order valence-corrected chi connectivity index (χ4v) is 3.09. The summed E-state index contributed by atoms with van der Waals surface area (Å²) >= 11 is 12.4. The monoisotopic (exact) mass is 320 g/mol. The normalized spacial score (nSPS) is 18.7. The van der Waals surface area contributed by atoms with Crippen LogP contribution in [0.2, 0.25) is 10.0 Å². The molecule has 5 nitrogen and oxygen atoms in total. The second-order valence-corrected chi connectivity index (χ2v) is 5.42. The summed E-state index contributed by atoms with van der Waals surface area (Å²) in [6, 6.07) is 8.70. The number of benzene rings is 1. The van der Waals surface area contributed by atoms with E-state index in [0.717, 1.165) is 0 Å². The van der Waals surface area contributed by atoms with Gasteiger partial charge in [-0.2, -0.15) is 15.6 Å². The fraction of sp³-hybridized carbons (Fsp3) is 0.286. The van der Waals surface area contributed by atoms with Gasteiger partial charge in [0.25, 0.3) is 0 Å². The number of halogens is 2. The van der Waals surface area contributed by atoms with Crippen molar-refractivity contribution in [2.75, 3.05) is 0 Å². The van der Waals surface area contributed by atoms with E-state index in [2.05, 4.69) is 10.5 Å². The Morgan fingerprint density at radius 1 is 1.29 bits per heavy atom. The van der Waals surface area contributed by atoms with Gasteiger partial charge in [-0.3, -0.25) is 4.79 Å². The Labute approximate surface area is 131 Å². The van der Waals surface area contributed by atoms with E-state index in [0.29, 0.717) is 21.3 Å². The van der Waals surface area contributed by atoms with E-state index in [1.165, 1.54) is 0 Å². The predicted octanol–water partition coefficient (Wildman–Crippen LogP) is 2.86. The van der Waals surface area contributed by atoms with Gasteiger partial charge in [-0.1, -0.05) is 29.3 Å². The van der Waals surface area contributed by atoms with Crippen LogP contribution in [0.25, 0.3) is 0 Å². The molecule has 0 radical (unpaired) electrons. The SMILES string of the molecule is CC1=NNC(=O)[C@H]1[C@H](c1c(Cl)cccc1Cl)C(C#N)C#N. The highest BCUT2D eigenvalue weighted by molar-refractivity contribution is 6.36. The summed E-state index contributed by atoms with van der Waals surface area (Å²) in [5.41, 5.74) is 3.27. The van der Waals surface area contributed by atoms with Crippen LogP contribution in [0.15, 0.2) is 23.3 Å². The molecule has 1 aliphatic rings. The topological polar surface area (TPSA) is 89.0 Å². The van der Waals surface area contributed by atoms with Crippen LogP contribution >= 0.6 is 23.2 Å². The number of amides is 1. The molecule has 0 aromatic heterocycles.